The van der Waals surface area contributed by atoms with Crippen molar-refractivity contribution in [2.75, 3.05) is 183 Å². The zero-order chi connectivity index (χ0) is 95.8. The molecular weight excluding hydrogens is 1850 g/mol. The molecule has 13 N–H and O–H groups in total. The number of nitrogens with one attached hydrogen (secondary N) is 1. The van der Waals surface area contributed by atoms with E-state index in [9.17, 15) is 73.2 Å². The van der Waals surface area contributed by atoms with Gasteiger partial charge in [-0.1, -0.05) is 117 Å². The minimum atomic E-state index is -1.47. The summed E-state index contributed by atoms with van der Waals surface area (Å²) in [6, 6.07) is 19.4. The van der Waals surface area contributed by atoms with Crippen LogP contribution in [0.2, 0.25) is 40.2 Å². The molecule has 0 fully saturated rings. The zero-order valence-corrected chi connectivity index (χ0v) is 78.2. The number of rotatable bonds is 64. The molecule has 0 aromatic heterocycles. The number of carboxylic acid groups (broad SMARTS) is 4. The number of benzene rings is 4. The summed E-state index contributed by atoms with van der Waals surface area (Å²) in [4.78, 5) is 233. The second-order valence-corrected chi connectivity index (χ2v) is 33.7. The van der Waals surface area contributed by atoms with Crippen LogP contribution in [0.25, 0.3) is 0 Å². The summed E-state index contributed by atoms with van der Waals surface area (Å²) in [6.45, 7) is -10.5. The Balaban J connectivity index is 1.74. The highest BCUT2D eigenvalue weighted by Crippen LogP contribution is 2.27. The van der Waals surface area contributed by atoms with E-state index in [1.165, 1.54) is 36.6 Å². The highest BCUT2D eigenvalue weighted by molar-refractivity contribution is 6.37. The molecule has 36 nitrogen and oxygen atoms in total. The highest BCUT2D eigenvalue weighted by atomic mass is 35.5. The molecule has 0 spiro atoms. The Morgan fingerprint density at radius 1 is 0.264 bits per heavy atom. The highest BCUT2D eigenvalue weighted by Gasteiger charge is 2.35. The average Bonchev–Trinajstić information content (AvgIpc) is 0.841. The standard InChI is InChI=1S/C85H116Cl8N16O20/c1-58(110)47-103(38-22-82(122)123)76(116)54-107(39-23-83(124)125)80(120)57-109(41-25-85(128)129)81(121)56-108(40-24-84(126)127)77(117)51-102(34-9-5-29-97)74(114)49-100(32-7-3-27-95)72(112)48-99(31-6-2-26-94)73(113)50-101(33-8-4-28-96)75(115)53-105(36-20-61-12-16-65(88)44-69(61)92)79(119)55-106(37-21-62-13-17-66(89)45-70(62)93)78(118)52-104(35-19-60-11-15-64(87)43-68(60)91)71(111)46-98-30-18-59-10-14-63(86)42-67(59)90/h10-17,42-45,98H,2-9,18-41,46-57,94-97H2,1H3,(H,122,123)(H,124,125)(H,126,127)(H,128,129). The van der Waals surface area contributed by atoms with E-state index in [0.717, 1.165) is 32.1 Å². The van der Waals surface area contributed by atoms with Gasteiger partial charge in [0.1, 0.15) is 5.78 Å². The van der Waals surface area contributed by atoms with Crippen LogP contribution in [0.1, 0.15) is 106 Å². The lowest BCUT2D eigenvalue weighted by Gasteiger charge is -2.33. The number of amides is 11. The number of halogens is 8. The summed E-state index contributed by atoms with van der Waals surface area (Å²) in [5, 5.41) is 44.3. The van der Waals surface area contributed by atoms with E-state index in [-0.39, 0.29) is 146 Å². The Hall–Kier alpha value is -9.28. The van der Waals surface area contributed by atoms with Gasteiger partial charge >= 0.3 is 23.9 Å². The third kappa shape index (κ3) is 43.5. The number of carbonyl (C=O) groups excluding carboxylic acids is 12. The number of unbranched alkanes of at least 4 members (excludes halogenated alkanes) is 4. The number of ketones is 1. The smallest absolute Gasteiger partial charge is 0.305 e. The van der Waals surface area contributed by atoms with Crippen LogP contribution < -0.4 is 28.3 Å². The third-order valence-electron chi connectivity index (χ3n) is 20.3. The number of aliphatic carboxylic acids is 4. The molecule has 44 heteroatoms. The number of carboxylic acids is 4. The minimum absolute atomic E-state index is 0.0277. The zero-order valence-electron chi connectivity index (χ0n) is 72.1. The largest absolute Gasteiger partial charge is 0.481 e. The van der Waals surface area contributed by atoms with Crippen LogP contribution in [0.5, 0.6) is 0 Å². The molecule has 0 aliphatic carbocycles. The van der Waals surface area contributed by atoms with Crippen LogP contribution in [0.3, 0.4) is 0 Å². The van der Waals surface area contributed by atoms with Crippen molar-refractivity contribution in [1.82, 2.24) is 59.2 Å². The van der Waals surface area contributed by atoms with E-state index in [4.69, 9.17) is 116 Å². The quantitative estimate of drug-likeness (QED) is 0.0252. The molecule has 712 valence electrons. The molecule has 0 unspecified atom stereocenters. The van der Waals surface area contributed by atoms with Crippen LogP contribution in [0.15, 0.2) is 72.8 Å². The van der Waals surface area contributed by atoms with Gasteiger partial charge in [-0.3, -0.25) is 76.7 Å². The Kier molecular flexibility index (Phi) is 52.7. The summed E-state index contributed by atoms with van der Waals surface area (Å²) < 4.78 is 0. The van der Waals surface area contributed by atoms with Gasteiger partial charge in [0, 0.05) is 112 Å². The first-order chi connectivity index (χ1) is 61.2. The van der Waals surface area contributed by atoms with Crippen molar-refractivity contribution in [3.05, 3.63) is 135 Å². The van der Waals surface area contributed by atoms with Gasteiger partial charge in [0.25, 0.3) is 0 Å². The molecular formula is C85H116Cl8N16O20. The normalized spacial score (nSPS) is 11.0. The van der Waals surface area contributed by atoms with Crippen LogP contribution >= 0.6 is 92.8 Å². The molecule has 0 heterocycles. The summed E-state index contributed by atoms with van der Waals surface area (Å²) in [6.07, 6.45) is -0.177. The molecule has 0 atom stereocenters. The molecule has 0 saturated carbocycles. The number of nitrogens with zero attached hydrogens (tertiary/aromatic N) is 11. The fourth-order valence-electron chi connectivity index (χ4n) is 13.0. The Morgan fingerprint density at radius 3 is 0.659 bits per heavy atom. The van der Waals surface area contributed by atoms with Gasteiger partial charge in [-0.25, -0.2) is 0 Å². The van der Waals surface area contributed by atoms with Crippen molar-refractivity contribution in [3.8, 4) is 0 Å². The summed E-state index contributed by atoms with van der Waals surface area (Å²) >= 11 is 51.6. The van der Waals surface area contributed by atoms with Crippen molar-refractivity contribution < 1.29 is 97.1 Å². The van der Waals surface area contributed by atoms with Gasteiger partial charge in [0.05, 0.1) is 104 Å². The lowest BCUT2D eigenvalue weighted by Crippen LogP contribution is -2.53. The van der Waals surface area contributed by atoms with Gasteiger partial charge < -0.3 is 103 Å². The van der Waals surface area contributed by atoms with Crippen LogP contribution in [-0.4, -0.2) is 352 Å². The molecule has 0 aliphatic rings. The van der Waals surface area contributed by atoms with Crippen LogP contribution in [0, 0.1) is 0 Å². The maximum absolute atomic E-state index is 15.4. The molecule has 4 aromatic carbocycles. The number of nitrogens with two attached hydrogens (primary N) is 4. The van der Waals surface area contributed by atoms with E-state index in [1.807, 2.05) is 0 Å². The van der Waals surface area contributed by atoms with Crippen molar-refractivity contribution in [1.29, 1.82) is 0 Å². The molecule has 0 bridgehead atoms. The monoisotopic (exact) mass is 1960 g/mol. The average molecular weight is 1970 g/mol. The second kappa shape index (κ2) is 60.6. The van der Waals surface area contributed by atoms with Gasteiger partial charge in [0.15, 0.2) is 0 Å². The van der Waals surface area contributed by atoms with E-state index in [0.29, 0.717) is 82.3 Å². The van der Waals surface area contributed by atoms with Gasteiger partial charge in [0.2, 0.25) is 65.0 Å². The summed E-state index contributed by atoms with van der Waals surface area (Å²) in [5.74, 6) is -15.7. The van der Waals surface area contributed by atoms with Crippen molar-refractivity contribution >= 4 is 187 Å². The molecule has 0 radical (unpaired) electrons. The first kappa shape index (κ1) is 112. The van der Waals surface area contributed by atoms with Crippen LogP contribution in [0.4, 0.5) is 0 Å². The van der Waals surface area contributed by atoms with E-state index in [1.54, 1.807) is 60.7 Å². The first-order valence-corrected chi connectivity index (χ1v) is 45.0. The lowest BCUT2D eigenvalue weighted by molar-refractivity contribution is -0.150. The van der Waals surface area contributed by atoms with Gasteiger partial charge in [-0.05, 0) is 187 Å². The summed E-state index contributed by atoms with van der Waals surface area (Å²) in [7, 11) is 0. The fourth-order valence-corrected chi connectivity index (χ4v) is 15.0. The number of hydrogen-bond acceptors (Lipinski definition) is 21. The van der Waals surface area contributed by atoms with E-state index >= 15 is 24.0 Å². The Morgan fingerprint density at radius 2 is 0.457 bits per heavy atom. The number of Topliss-reactive ketones (excluding diaryl/α,β-unsaturated/α-hetero) is 1. The lowest BCUT2D eigenvalue weighted by atomic mass is 10.1. The second-order valence-electron chi connectivity index (χ2n) is 30.3. The maximum atomic E-state index is 15.4. The van der Waals surface area contributed by atoms with Crippen LogP contribution in [-0.2, 0) is 102 Å². The molecule has 0 saturated heterocycles. The Labute approximate surface area is 789 Å². The number of carbonyl (C=O) groups is 16. The molecule has 0 aliphatic heterocycles. The van der Waals surface area contributed by atoms with E-state index < -0.39 is 218 Å². The van der Waals surface area contributed by atoms with E-state index in [2.05, 4.69) is 5.32 Å². The van der Waals surface area contributed by atoms with Crippen molar-refractivity contribution in [3.63, 3.8) is 0 Å². The van der Waals surface area contributed by atoms with Crippen molar-refractivity contribution in [2.24, 2.45) is 22.9 Å². The fraction of sp³-hybridized carbons (Fsp3) is 0.529. The topological polar surface area (TPSA) is 506 Å². The van der Waals surface area contributed by atoms with Gasteiger partial charge in [-0.15, -0.1) is 0 Å². The van der Waals surface area contributed by atoms with Gasteiger partial charge in [-0.2, -0.15) is 0 Å². The Bertz CT molecular complexity index is 4470. The maximum Gasteiger partial charge on any atom is 0.305 e. The first-order valence-electron chi connectivity index (χ1n) is 42.0. The third-order valence-corrected chi connectivity index (χ3v) is 22.7. The molecule has 4 aromatic rings. The molecule has 4 rings (SSSR count). The summed E-state index contributed by atoms with van der Waals surface area (Å²) in [5.41, 5.74) is 26.2. The number of hydrogen-bond donors (Lipinski definition) is 9. The molecule has 129 heavy (non-hydrogen) atoms. The van der Waals surface area contributed by atoms with Crippen molar-refractivity contribution in [2.45, 2.75) is 110 Å². The minimum Gasteiger partial charge on any atom is -0.481 e. The SMILES string of the molecule is CC(=O)CN(CCC(=O)O)C(=O)CN(CCC(=O)O)C(=O)CN(CCC(=O)O)C(=O)CN(CCC(=O)O)C(=O)CN(CCCCN)C(=O)CN(CCCCN)C(=O)CN(CCCCN)C(=O)CN(CCCCN)C(=O)CN(CCc1ccc(Cl)cc1Cl)C(=O)CN(CCc1ccc(Cl)cc1Cl)C(=O)CN(CCc1ccc(Cl)cc1Cl)C(=O)CNCCc1ccc(Cl)cc1Cl. The predicted molar refractivity (Wildman–Crippen MR) is 489 cm³/mol. The molecule has 11 amide bonds. The predicted octanol–water partition coefficient (Wildman–Crippen LogP) is 5.33.